The Hall–Kier alpha value is -0.660. The number of hydrogen-bond donors (Lipinski definition) is 1. The van der Waals surface area contributed by atoms with Crippen LogP contribution in [-0.2, 0) is 0 Å². The van der Waals surface area contributed by atoms with E-state index in [2.05, 4.69) is 4.98 Å². The fourth-order valence-corrected chi connectivity index (χ4v) is 1.69. The van der Waals surface area contributed by atoms with E-state index in [9.17, 15) is 8.78 Å². The van der Waals surface area contributed by atoms with E-state index in [0.29, 0.717) is 0 Å². The molecule has 0 radical (unpaired) electrons. The van der Waals surface area contributed by atoms with E-state index < -0.39 is 17.7 Å². The number of halogens is 3. The largest absolute Gasteiger partial charge is 0.506 e. The van der Waals surface area contributed by atoms with Crippen LogP contribution in [0.1, 0.15) is 12.0 Å². The van der Waals surface area contributed by atoms with Gasteiger partial charge in [0.15, 0.2) is 0 Å². The van der Waals surface area contributed by atoms with Gasteiger partial charge in [-0.05, 0) is 22.6 Å². The molecule has 0 saturated carbocycles. The normalized spacial score (nSPS) is 10.5. The molecule has 0 amide bonds. The van der Waals surface area contributed by atoms with Crippen molar-refractivity contribution in [3.05, 3.63) is 15.3 Å². The first-order valence-corrected chi connectivity index (χ1v) is 4.35. The van der Waals surface area contributed by atoms with Gasteiger partial charge in [0.25, 0.3) is 6.43 Å². The summed E-state index contributed by atoms with van der Waals surface area (Å²) >= 11 is 1.65. The van der Waals surface area contributed by atoms with E-state index in [0.717, 1.165) is 6.20 Å². The third kappa shape index (κ3) is 1.98. The summed E-state index contributed by atoms with van der Waals surface area (Å²) in [5.74, 6) is -0.422. The van der Waals surface area contributed by atoms with Crippen LogP contribution >= 0.6 is 22.6 Å². The van der Waals surface area contributed by atoms with E-state index in [-0.39, 0.29) is 9.45 Å². The molecule has 1 aromatic rings. The van der Waals surface area contributed by atoms with Crippen molar-refractivity contribution in [3.63, 3.8) is 0 Å². The molecule has 72 valence electrons. The molecular formula is C7H6F2INO2. The molecule has 0 aromatic carbocycles. The molecule has 13 heavy (non-hydrogen) atoms. The van der Waals surface area contributed by atoms with Crippen LogP contribution in [0.15, 0.2) is 6.20 Å². The van der Waals surface area contributed by atoms with Crippen molar-refractivity contribution in [2.45, 2.75) is 6.43 Å². The SMILES string of the molecule is COc1ncc(O)c(C(F)F)c1I. The van der Waals surface area contributed by atoms with Crippen LogP contribution in [0.3, 0.4) is 0 Å². The van der Waals surface area contributed by atoms with Crippen LogP contribution in [0.2, 0.25) is 0 Å². The van der Waals surface area contributed by atoms with Gasteiger partial charge in [-0.2, -0.15) is 0 Å². The van der Waals surface area contributed by atoms with Crippen LogP contribution in [0, 0.1) is 3.57 Å². The molecule has 0 spiro atoms. The summed E-state index contributed by atoms with van der Waals surface area (Å²) in [5, 5.41) is 9.08. The number of methoxy groups -OCH3 is 1. The first-order chi connectivity index (χ1) is 6.07. The Morgan fingerprint density at radius 1 is 1.62 bits per heavy atom. The maximum Gasteiger partial charge on any atom is 0.268 e. The predicted molar refractivity (Wildman–Crippen MR) is 50.1 cm³/mol. The zero-order chi connectivity index (χ0) is 10.0. The molecule has 0 saturated heterocycles. The first-order valence-electron chi connectivity index (χ1n) is 3.27. The fourth-order valence-electron chi connectivity index (χ4n) is 0.824. The van der Waals surface area contributed by atoms with Crippen molar-refractivity contribution in [1.82, 2.24) is 4.98 Å². The highest BCUT2D eigenvalue weighted by atomic mass is 127. The third-order valence-corrected chi connectivity index (χ3v) is 2.46. The van der Waals surface area contributed by atoms with Gasteiger partial charge in [-0.1, -0.05) is 0 Å². The topological polar surface area (TPSA) is 42.4 Å². The molecule has 1 aromatic heterocycles. The summed E-state index contributed by atoms with van der Waals surface area (Å²) in [5.41, 5.74) is -0.438. The molecule has 0 aliphatic heterocycles. The van der Waals surface area contributed by atoms with Crippen molar-refractivity contribution >= 4 is 22.6 Å². The number of hydrogen-bond acceptors (Lipinski definition) is 3. The summed E-state index contributed by atoms with van der Waals surface area (Å²) in [7, 11) is 1.33. The van der Waals surface area contributed by atoms with Crippen molar-refractivity contribution < 1.29 is 18.6 Å². The summed E-state index contributed by atoms with van der Waals surface area (Å²) in [6, 6.07) is 0. The van der Waals surface area contributed by atoms with Crippen LogP contribution < -0.4 is 4.74 Å². The van der Waals surface area contributed by atoms with Gasteiger partial charge in [-0.15, -0.1) is 0 Å². The number of pyridine rings is 1. The lowest BCUT2D eigenvalue weighted by atomic mass is 10.2. The molecule has 0 fully saturated rings. The van der Waals surface area contributed by atoms with Crippen LogP contribution in [-0.4, -0.2) is 17.2 Å². The highest BCUT2D eigenvalue weighted by molar-refractivity contribution is 14.1. The van der Waals surface area contributed by atoms with Gasteiger partial charge in [0, 0.05) is 0 Å². The van der Waals surface area contributed by atoms with Crippen LogP contribution in [0.4, 0.5) is 8.78 Å². The van der Waals surface area contributed by atoms with Gasteiger partial charge >= 0.3 is 0 Å². The molecule has 0 aliphatic carbocycles. The van der Waals surface area contributed by atoms with Gasteiger partial charge < -0.3 is 9.84 Å². The Labute approximate surface area is 86.9 Å². The molecule has 1 rings (SSSR count). The van der Waals surface area contributed by atoms with Gasteiger partial charge in [-0.25, -0.2) is 13.8 Å². The Bertz CT molecular complexity index is 320. The smallest absolute Gasteiger partial charge is 0.268 e. The van der Waals surface area contributed by atoms with Gasteiger partial charge in [0.2, 0.25) is 5.88 Å². The summed E-state index contributed by atoms with van der Waals surface area (Å²) in [6.07, 6.45) is -1.79. The predicted octanol–water partition coefficient (Wildman–Crippen LogP) is 2.34. The van der Waals surface area contributed by atoms with Gasteiger partial charge in [0.1, 0.15) is 5.75 Å². The Kier molecular flexibility index (Phi) is 3.23. The highest BCUT2D eigenvalue weighted by Gasteiger charge is 2.20. The van der Waals surface area contributed by atoms with E-state index >= 15 is 0 Å². The maximum atomic E-state index is 12.4. The standard InChI is InChI=1S/C7H6F2INO2/c1-13-7-5(10)4(6(8)9)3(12)2-11-7/h2,6,12H,1H3. The average Bonchev–Trinajstić information content (AvgIpc) is 2.04. The minimum Gasteiger partial charge on any atom is -0.506 e. The molecule has 1 heterocycles. The molecule has 1 N–H and O–H groups in total. The lowest BCUT2D eigenvalue weighted by Gasteiger charge is -2.08. The molecule has 0 unspecified atom stereocenters. The number of aromatic hydroxyl groups is 1. The Morgan fingerprint density at radius 3 is 2.69 bits per heavy atom. The van der Waals surface area contributed by atoms with Crippen molar-refractivity contribution in [2.75, 3.05) is 7.11 Å². The lowest BCUT2D eigenvalue weighted by molar-refractivity contribution is 0.145. The van der Waals surface area contributed by atoms with Crippen molar-refractivity contribution in [3.8, 4) is 11.6 Å². The molecule has 0 bridgehead atoms. The second kappa shape index (κ2) is 4.03. The molecule has 6 heteroatoms. The number of ether oxygens (including phenoxy) is 1. The monoisotopic (exact) mass is 301 g/mol. The minimum absolute atomic E-state index is 0.0914. The molecule has 0 aliphatic rings. The zero-order valence-electron chi connectivity index (χ0n) is 6.59. The summed E-state index contributed by atoms with van der Waals surface area (Å²) in [6.45, 7) is 0. The van der Waals surface area contributed by atoms with Crippen LogP contribution in [0.5, 0.6) is 11.6 Å². The second-order valence-corrected chi connectivity index (χ2v) is 3.26. The summed E-state index contributed by atoms with van der Waals surface area (Å²) in [4.78, 5) is 3.63. The molecule has 3 nitrogen and oxygen atoms in total. The Morgan fingerprint density at radius 2 is 2.23 bits per heavy atom. The first kappa shape index (κ1) is 10.4. The van der Waals surface area contributed by atoms with E-state index in [4.69, 9.17) is 9.84 Å². The van der Waals surface area contributed by atoms with Crippen molar-refractivity contribution in [1.29, 1.82) is 0 Å². The third-order valence-electron chi connectivity index (χ3n) is 1.42. The number of aromatic nitrogens is 1. The molecule has 0 atom stereocenters. The van der Waals surface area contributed by atoms with Crippen molar-refractivity contribution in [2.24, 2.45) is 0 Å². The number of alkyl halides is 2. The maximum absolute atomic E-state index is 12.4. The fraction of sp³-hybridized carbons (Fsp3) is 0.286. The lowest BCUT2D eigenvalue weighted by Crippen LogP contribution is -1.97. The Balaban J connectivity index is 3.30. The van der Waals surface area contributed by atoms with E-state index in [1.165, 1.54) is 7.11 Å². The summed E-state index contributed by atoms with van der Waals surface area (Å²) < 4.78 is 29.6. The average molecular weight is 301 g/mol. The second-order valence-electron chi connectivity index (χ2n) is 2.18. The zero-order valence-corrected chi connectivity index (χ0v) is 8.75. The van der Waals surface area contributed by atoms with E-state index in [1.54, 1.807) is 22.6 Å². The van der Waals surface area contributed by atoms with Gasteiger partial charge in [-0.3, -0.25) is 0 Å². The minimum atomic E-state index is -2.73. The number of rotatable bonds is 2. The number of nitrogens with zero attached hydrogens (tertiary/aromatic N) is 1. The highest BCUT2D eigenvalue weighted by Crippen LogP contribution is 2.35. The van der Waals surface area contributed by atoms with Crippen LogP contribution in [0.25, 0.3) is 0 Å². The van der Waals surface area contributed by atoms with E-state index in [1.807, 2.05) is 0 Å². The van der Waals surface area contributed by atoms with Gasteiger partial charge in [0.05, 0.1) is 22.4 Å². The quantitative estimate of drug-likeness (QED) is 0.853. The molecular weight excluding hydrogens is 295 g/mol.